The number of para-hydroxylation sites is 1. The van der Waals surface area contributed by atoms with Gasteiger partial charge in [-0.05, 0) is 65.4 Å². The van der Waals surface area contributed by atoms with Crippen molar-refractivity contribution >= 4 is 40.1 Å². The van der Waals surface area contributed by atoms with Crippen molar-refractivity contribution in [2.24, 2.45) is 5.73 Å². The quantitative estimate of drug-likeness (QED) is 0.744. The standard InChI is InChI=1S/C16H15IN2O3/c1-10-8-11(17)6-7-13(10)19-15(20)9-22-14-5-3-2-4-12(14)16(18)21/h2-8H,9H2,1H3,(H2,18,21)(H,19,20). The third-order valence-electron chi connectivity index (χ3n) is 2.97. The van der Waals surface area contributed by atoms with Crippen LogP contribution < -0.4 is 15.8 Å². The van der Waals surface area contributed by atoms with Crippen LogP contribution in [0.15, 0.2) is 42.5 Å². The van der Waals surface area contributed by atoms with Crippen LogP contribution >= 0.6 is 22.6 Å². The predicted molar refractivity (Wildman–Crippen MR) is 93.0 cm³/mol. The van der Waals surface area contributed by atoms with Crippen molar-refractivity contribution in [2.75, 3.05) is 11.9 Å². The lowest BCUT2D eigenvalue weighted by Crippen LogP contribution is -2.22. The fourth-order valence-electron chi connectivity index (χ4n) is 1.89. The summed E-state index contributed by atoms with van der Waals surface area (Å²) in [5.74, 6) is -0.599. The number of hydrogen-bond acceptors (Lipinski definition) is 3. The van der Waals surface area contributed by atoms with E-state index in [1.807, 2.05) is 25.1 Å². The first-order valence-electron chi connectivity index (χ1n) is 6.55. The maximum atomic E-state index is 11.9. The summed E-state index contributed by atoms with van der Waals surface area (Å²) in [5, 5.41) is 2.77. The summed E-state index contributed by atoms with van der Waals surface area (Å²) in [7, 11) is 0. The largest absolute Gasteiger partial charge is 0.483 e. The summed E-state index contributed by atoms with van der Waals surface area (Å²) in [6.07, 6.45) is 0. The Morgan fingerprint density at radius 1 is 1.23 bits per heavy atom. The van der Waals surface area contributed by atoms with Crippen molar-refractivity contribution in [3.05, 3.63) is 57.2 Å². The number of hydrogen-bond donors (Lipinski definition) is 2. The molecule has 0 radical (unpaired) electrons. The summed E-state index contributed by atoms with van der Waals surface area (Å²) in [6, 6.07) is 12.3. The van der Waals surface area contributed by atoms with Gasteiger partial charge in [-0.15, -0.1) is 0 Å². The zero-order valence-corrected chi connectivity index (χ0v) is 14.1. The van der Waals surface area contributed by atoms with Gasteiger partial charge in [-0.3, -0.25) is 9.59 Å². The lowest BCUT2D eigenvalue weighted by molar-refractivity contribution is -0.118. The Balaban J connectivity index is 2.00. The summed E-state index contributed by atoms with van der Waals surface area (Å²) in [5.41, 5.74) is 7.21. The van der Waals surface area contributed by atoms with Crippen molar-refractivity contribution < 1.29 is 14.3 Å². The van der Waals surface area contributed by atoms with E-state index in [9.17, 15) is 9.59 Å². The molecular formula is C16H15IN2O3. The van der Waals surface area contributed by atoms with E-state index in [2.05, 4.69) is 27.9 Å². The molecule has 5 nitrogen and oxygen atoms in total. The smallest absolute Gasteiger partial charge is 0.262 e. The second-order valence-electron chi connectivity index (χ2n) is 4.66. The molecule has 0 atom stereocenters. The summed E-state index contributed by atoms with van der Waals surface area (Å²) < 4.78 is 6.48. The van der Waals surface area contributed by atoms with Crippen molar-refractivity contribution in [2.45, 2.75) is 6.92 Å². The molecule has 0 bridgehead atoms. The summed E-state index contributed by atoms with van der Waals surface area (Å²) >= 11 is 2.21. The molecule has 2 aromatic carbocycles. The summed E-state index contributed by atoms with van der Waals surface area (Å²) in [4.78, 5) is 23.2. The number of amides is 2. The van der Waals surface area contributed by atoms with E-state index in [1.165, 1.54) is 0 Å². The first-order valence-corrected chi connectivity index (χ1v) is 7.63. The number of ether oxygens (including phenoxy) is 1. The van der Waals surface area contributed by atoms with Crippen LogP contribution in [0, 0.1) is 10.5 Å². The van der Waals surface area contributed by atoms with E-state index in [0.29, 0.717) is 5.75 Å². The molecule has 0 unspecified atom stereocenters. The zero-order chi connectivity index (χ0) is 16.1. The molecule has 2 amide bonds. The molecule has 0 aliphatic heterocycles. The van der Waals surface area contributed by atoms with Crippen molar-refractivity contribution in [1.29, 1.82) is 0 Å². The van der Waals surface area contributed by atoms with Gasteiger partial charge in [0, 0.05) is 9.26 Å². The topological polar surface area (TPSA) is 81.4 Å². The van der Waals surface area contributed by atoms with Crippen LogP contribution in [0.3, 0.4) is 0 Å². The van der Waals surface area contributed by atoms with Gasteiger partial charge >= 0.3 is 0 Å². The van der Waals surface area contributed by atoms with E-state index in [0.717, 1.165) is 14.8 Å². The molecule has 0 aliphatic rings. The number of rotatable bonds is 5. The maximum absolute atomic E-state index is 11.9. The maximum Gasteiger partial charge on any atom is 0.262 e. The molecule has 0 spiro atoms. The minimum absolute atomic E-state index is 0.199. The molecule has 3 N–H and O–H groups in total. The van der Waals surface area contributed by atoms with Gasteiger partial charge in [-0.25, -0.2) is 0 Å². The van der Waals surface area contributed by atoms with Gasteiger partial charge in [0.1, 0.15) is 5.75 Å². The highest BCUT2D eigenvalue weighted by molar-refractivity contribution is 14.1. The fraction of sp³-hybridized carbons (Fsp3) is 0.125. The number of benzene rings is 2. The highest BCUT2D eigenvalue weighted by Crippen LogP contribution is 2.19. The molecule has 2 rings (SSSR count). The Bertz CT molecular complexity index is 716. The molecule has 0 heterocycles. The average Bonchev–Trinajstić information content (AvgIpc) is 2.48. The Morgan fingerprint density at radius 3 is 2.64 bits per heavy atom. The molecule has 0 saturated carbocycles. The Labute approximate surface area is 142 Å². The number of primary amides is 1. The van der Waals surface area contributed by atoms with Gasteiger partial charge < -0.3 is 15.8 Å². The predicted octanol–water partition coefficient (Wildman–Crippen LogP) is 2.72. The van der Waals surface area contributed by atoms with Crippen molar-refractivity contribution in [3.63, 3.8) is 0 Å². The van der Waals surface area contributed by atoms with Crippen LogP contribution in [0.2, 0.25) is 0 Å². The van der Waals surface area contributed by atoms with E-state index in [-0.39, 0.29) is 18.1 Å². The Morgan fingerprint density at radius 2 is 1.95 bits per heavy atom. The second kappa shape index (κ2) is 7.26. The molecule has 2 aromatic rings. The molecule has 114 valence electrons. The zero-order valence-electron chi connectivity index (χ0n) is 11.9. The molecular weight excluding hydrogens is 395 g/mol. The molecule has 22 heavy (non-hydrogen) atoms. The first-order chi connectivity index (χ1) is 10.5. The number of nitrogens with one attached hydrogen (secondary N) is 1. The number of nitrogens with two attached hydrogens (primary N) is 1. The van der Waals surface area contributed by atoms with Crippen LogP contribution in [0.25, 0.3) is 0 Å². The van der Waals surface area contributed by atoms with Crippen LogP contribution in [0.4, 0.5) is 5.69 Å². The number of anilines is 1. The minimum atomic E-state index is -0.593. The van der Waals surface area contributed by atoms with Gasteiger partial charge in [-0.1, -0.05) is 12.1 Å². The Hall–Kier alpha value is -2.09. The summed E-state index contributed by atoms with van der Waals surface area (Å²) in [6.45, 7) is 1.72. The highest BCUT2D eigenvalue weighted by atomic mass is 127. The molecule has 0 aromatic heterocycles. The average molecular weight is 410 g/mol. The van der Waals surface area contributed by atoms with Crippen LogP contribution in [0.1, 0.15) is 15.9 Å². The number of halogens is 1. The van der Waals surface area contributed by atoms with Crippen molar-refractivity contribution in [3.8, 4) is 5.75 Å². The third kappa shape index (κ3) is 4.20. The van der Waals surface area contributed by atoms with Gasteiger partial charge in [0.05, 0.1) is 5.56 Å². The number of aryl methyl sites for hydroxylation is 1. The fourth-order valence-corrected chi connectivity index (χ4v) is 2.54. The van der Waals surface area contributed by atoms with Crippen LogP contribution in [-0.2, 0) is 4.79 Å². The van der Waals surface area contributed by atoms with Gasteiger partial charge in [0.15, 0.2) is 6.61 Å². The monoisotopic (exact) mass is 410 g/mol. The highest BCUT2D eigenvalue weighted by Gasteiger charge is 2.11. The third-order valence-corrected chi connectivity index (χ3v) is 3.64. The van der Waals surface area contributed by atoms with Gasteiger partial charge in [0.2, 0.25) is 0 Å². The van der Waals surface area contributed by atoms with Crippen LogP contribution in [-0.4, -0.2) is 18.4 Å². The van der Waals surface area contributed by atoms with Gasteiger partial charge in [-0.2, -0.15) is 0 Å². The van der Waals surface area contributed by atoms with E-state index in [1.54, 1.807) is 24.3 Å². The van der Waals surface area contributed by atoms with E-state index < -0.39 is 5.91 Å². The molecule has 0 aliphatic carbocycles. The first kappa shape index (κ1) is 16.3. The second-order valence-corrected chi connectivity index (χ2v) is 5.90. The van der Waals surface area contributed by atoms with E-state index >= 15 is 0 Å². The Kier molecular flexibility index (Phi) is 5.37. The lowest BCUT2D eigenvalue weighted by Gasteiger charge is -2.11. The normalized spacial score (nSPS) is 10.1. The molecule has 0 saturated heterocycles. The molecule has 0 fully saturated rings. The van der Waals surface area contributed by atoms with Crippen LogP contribution in [0.5, 0.6) is 5.75 Å². The number of carbonyl (C=O) groups is 2. The number of carbonyl (C=O) groups excluding carboxylic acids is 2. The minimum Gasteiger partial charge on any atom is -0.483 e. The SMILES string of the molecule is Cc1cc(I)ccc1NC(=O)COc1ccccc1C(N)=O. The molecule has 6 heteroatoms. The van der Waals surface area contributed by atoms with E-state index in [4.69, 9.17) is 10.5 Å². The lowest BCUT2D eigenvalue weighted by atomic mass is 10.2. The van der Waals surface area contributed by atoms with Crippen molar-refractivity contribution in [1.82, 2.24) is 0 Å². The van der Waals surface area contributed by atoms with Gasteiger partial charge in [0.25, 0.3) is 11.8 Å².